The summed E-state index contributed by atoms with van der Waals surface area (Å²) in [4.78, 5) is 19.6. The van der Waals surface area contributed by atoms with Gasteiger partial charge in [0.05, 0.1) is 11.9 Å². The van der Waals surface area contributed by atoms with E-state index in [-0.39, 0.29) is 5.56 Å². The minimum absolute atomic E-state index is 0.0934. The number of aromatic amines is 1. The van der Waals surface area contributed by atoms with Gasteiger partial charge in [-0.1, -0.05) is 19.9 Å². The van der Waals surface area contributed by atoms with Crippen LogP contribution in [-0.2, 0) is 7.05 Å². The molecule has 0 saturated carbocycles. The summed E-state index contributed by atoms with van der Waals surface area (Å²) in [5, 5.41) is 4.72. The number of nitrogens with one attached hydrogen (secondary N) is 2. The summed E-state index contributed by atoms with van der Waals surface area (Å²) < 4.78 is 1.58. The molecule has 3 heterocycles. The second-order valence-corrected chi connectivity index (χ2v) is 7.62. The van der Waals surface area contributed by atoms with Crippen molar-refractivity contribution in [2.24, 2.45) is 7.05 Å². The average Bonchev–Trinajstić information content (AvgIpc) is 3.03. The maximum Gasteiger partial charge on any atom is 0.268 e. The number of aromatic nitrogens is 3. The van der Waals surface area contributed by atoms with E-state index in [1.54, 1.807) is 11.6 Å². The Bertz CT molecular complexity index is 993. The van der Waals surface area contributed by atoms with Crippen LogP contribution in [-0.4, -0.2) is 27.6 Å². The number of aryl methyl sites for hydroxylation is 1. The van der Waals surface area contributed by atoms with E-state index >= 15 is 0 Å². The first kappa shape index (κ1) is 17.0. The number of hydrogen-bond acceptors (Lipinski definition) is 3. The van der Waals surface area contributed by atoms with Crippen molar-refractivity contribution in [1.29, 1.82) is 0 Å². The lowest BCUT2D eigenvalue weighted by Gasteiger charge is -2.23. The van der Waals surface area contributed by atoms with Crippen LogP contribution in [0, 0.1) is 0 Å². The number of fused-ring (bicyclic) bond motifs is 1. The first-order valence-electron chi connectivity index (χ1n) is 9.44. The fraction of sp³-hybridized carbons (Fsp3) is 0.429. The molecule has 1 aliphatic heterocycles. The van der Waals surface area contributed by atoms with Crippen LogP contribution in [0.3, 0.4) is 0 Å². The molecular formula is C21H26N4O. The van der Waals surface area contributed by atoms with Gasteiger partial charge in [0.1, 0.15) is 5.69 Å². The van der Waals surface area contributed by atoms with Crippen LogP contribution < -0.4 is 10.9 Å². The van der Waals surface area contributed by atoms with Crippen molar-refractivity contribution in [1.82, 2.24) is 19.9 Å². The second-order valence-electron chi connectivity index (χ2n) is 7.62. The molecule has 4 rings (SSSR count). The van der Waals surface area contributed by atoms with E-state index in [0.717, 1.165) is 30.0 Å². The second kappa shape index (κ2) is 6.72. The van der Waals surface area contributed by atoms with Crippen molar-refractivity contribution >= 4 is 10.9 Å². The van der Waals surface area contributed by atoms with Crippen molar-refractivity contribution in [2.45, 2.75) is 38.5 Å². The van der Waals surface area contributed by atoms with Gasteiger partial charge in [-0.2, -0.15) is 0 Å². The third-order valence-corrected chi connectivity index (χ3v) is 5.48. The highest BCUT2D eigenvalue weighted by atomic mass is 16.1. The van der Waals surface area contributed by atoms with Gasteiger partial charge in [0, 0.05) is 24.1 Å². The zero-order valence-corrected chi connectivity index (χ0v) is 15.7. The molecule has 0 atom stereocenters. The number of nitrogens with zero attached hydrogens (tertiary/aromatic N) is 2. The molecule has 0 aliphatic carbocycles. The van der Waals surface area contributed by atoms with Crippen molar-refractivity contribution in [2.75, 3.05) is 13.1 Å². The van der Waals surface area contributed by atoms with Crippen molar-refractivity contribution in [3.63, 3.8) is 0 Å². The minimum Gasteiger partial charge on any atom is -0.353 e. The molecule has 5 heteroatoms. The summed E-state index contributed by atoms with van der Waals surface area (Å²) in [6.07, 6.45) is 5.60. The highest BCUT2D eigenvalue weighted by Crippen LogP contribution is 2.37. The Labute approximate surface area is 153 Å². The third kappa shape index (κ3) is 2.97. The van der Waals surface area contributed by atoms with Crippen LogP contribution in [0.25, 0.3) is 22.3 Å². The van der Waals surface area contributed by atoms with Crippen molar-refractivity contribution in [3.8, 4) is 11.4 Å². The molecule has 0 radical (unpaired) electrons. The molecule has 1 aliphatic rings. The first-order valence-corrected chi connectivity index (χ1v) is 9.44. The van der Waals surface area contributed by atoms with E-state index in [0.29, 0.717) is 11.8 Å². The molecule has 3 aromatic rings. The molecule has 136 valence electrons. The van der Waals surface area contributed by atoms with Gasteiger partial charge in [-0.25, -0.2) is 4.98 Å². The quantitative estimate of drug-likeness (QED) is 0.760. The molecule has 0 unspecified atom stereocenters. The SMILES string of the molecule is CC(C)c1c(-c2cn(C)c(=O)cn2)[nH]c2ccc(C3CCNCC3)cc12. The fourth-order valence-corrected chi connectivity index (χ4v) is 4.07. The lowest BCUT2D eigenvalue weighted by molar-refractivity contribution is 0.460. The molecule has 1 aromatic carbocycles. The fourth-order valence-electron chi connectivity index (χ4n) is 4.07. The molecule has 2 N–H and O–H groups in total. The zero-order valence-electron chi connectivity index (χ0n) is 15.7. The molecule has 0 bridgehead atoms. The smallest absolute Gasteiger partial charge is 0.268 e. The summed E-state index contributed by atoms with van der Waals surface area (Å²) >= 11 is 0. The predicted molar refractivity (Wildman–Crippen MR) is 106 cm³/mol. The van der Waals surface area contributed by atoms with Gasteiger partial charge in [0.15, 0.2) is 0 Å². The monoisotopic (exact) mass is 350 g/mol. The Balaban J connectivity index is 1.86. The Kier molecular flexibility index (Phi) is 4.41. The van der Waals surface area contributed by atoms with Crippen LogP contribution in [0.1, 0.15) is 49.7 Å². The van der Waals surface area contributed by atoms with E-state index in [2.05, 4.69) is 47.3 Å². The number of rotatable bonds is 3. The van der Waals surface area contributed by atoms with E-state index in [9.17, 15) is 4.79 Å². The molecular weight excluding hydrogens is 324 g/mol. The summed E-state index contributed by atoms with van der Waals surface area (Å²) in [6, 6.07) is 6.82. The summed E-state index contributed by atoms with van der Waals surface area (Å²) in [7, 11) is 1.76. The lowest BCUT2D eigenvalue weighted by atomic mass is 9.88. The average molecular weight is 350 g/mol. The molecule has 1 fully saturated rings. The van der Waals surface area contributed by atoms with E-state index in [1.807, 2.05) is 6.20 Å². The van der Waals surface area contributed by atoms with E-state index in [1.165, 1.54) is 35.6 Å². The van der Waals surface area contributed by atoms with Crippen LogP contribution in [0.5, 0.6) is 0 Å². The standard InChI is InChI=1S/C21H26N4O/c1-13(2)20-16-10-15(14-6-8-22-9-7-14)4-5-17(16)24-21(20)18-12-25(3)19(26)11-23-18/h4-5,10-14,22,24H,6-9H2,1-3H3. The van der Waals surface area contributed by atoms with Gasteiger partial charge in [-0.05, 0) is 61.0 Å². The van der Waals surface area contributed by atoms with Crippen LogP contribution in [0.4, 0.5) is 0 Å². The first-order chi connectivity index (χ1) is 12.5. The van der Waals surface area contributed by atoms with Crippen molar-refractivity contribution in [3.05, 3.63) is 52.1 Å². The molecule has 0 amide bonds. The Morgan fingerprint density at radius 1 is 1.23 bits per heavy atom. The highest BCUT2D eigenvalue weighted by molar-refractivity contribution is 5.91. The summed E-state index contributed by atoms with van der Waals surface area (Å²) in [5.74, 6) is 0.996. The van der Waals surface area contributed by atoms with Gasteiger partial charge in [0.25, 0.3) is 5.56 Å². The summed E-state index contributed by atoms with van der Waals surface area (Å²) in [6.45, 7) is 6.62. The number of H-pyrrole nitrogens is 1. The molecule has 1 saturated heterocycles. The Hall–Kier alpha value is -2.40. The van der Waals surface area contributed by atoms with Gasteiger partial charge >= 0.3 is 0 Å². The maximum absolute atomic E-state index is 11.7. The summed E-state index contributed by atoms with van der Waals surface area (Å²) in [5.41, 5.74) is 5.59. The zero-order chi connectivity index (χ0) is 18.3. The van der Waals surface area contributed by atoms with Gasteiger partial charge < -0.3 is 14.9 Å². The van der Waals surface area contributed by atoms with Crippen molar-refractivity contribution < 1.29 is 0 Å². The normalized spacial score (nSPS) is 15.8. The molecule has 2 aromatic heterocycles. The van der Waals surface area contributed by atoms with Crippen LogP contribution in [0.15, 0.2) is 35.4 Å². The number of piperidine rings is 1. The Morgan fingerprint density at radius 2 is 2.00 bits per heavy atom. The van der Waals surface area contributed by atoms with Gasteiger partial charge in [-0.15, -0.1) is 0 Å². The van der Waals surface area contributed by atoms with Crippen LogP contribution in [0.2, 0.25) is 0 Å². The Morgan fingerprint density at radius 3 is 2.69 bits per heavy atom. The van der Waals surface area contributed by atoms with Crippen LogP contribution >= 0.6 is 0 Å². The van der Waals surface area contributed by atoms with E-state index in [4.69, 9.17) is 0 Å². The molecule has 5 nitrogen and oxygen atoms in total. The third-order valence-electron chi connectivity index (χ3n) is 5.48. The lowest BCUT2D eigenvalue weighted by Crippen LogP contribution is -2.26. The van der Waals surface area contributed by atoms with Gasteiger partial charge in [-0.3, -0.25) is 4.79 Å². The predicted octanol–water partition coefficient (Wildman–Crippen LogP) is 3.52. The maximum atomic E-state index is 11.7. The largest absolute Gasteiger partial charge is 0.353 e. The molecule has 26 heavy (non-hydrogen) atoms. The number of hydrogen-bond donors (Lipinski definition) is 2. The topological polar surface area (TPSA) is 62.7 Å². The number of benzene rings is 1. The highest BCUT2D eigenvalue weighted by Gasteiger charge is 2.20. The van der Waals surface area contributed by atoms with Gasteiger partial charge in [0.2, 0.25) is 0 Å². The van der Waals surface area contributed by atoms with E-state index < -0.39 is 0 Å². The molecule has 0 spiro atoms. The minimum atomic E-state index is -0.0934.